The van der Waals surface area contributed by atoms with Crippen LogP contribution in [0.2, 0.25) is 0 Å². The highest BCUT2D eigenvalue weighted by Gasteiger charge is 2.31. The van der Waals surface area contributed by atoms with E-state index in [4.69, 9.17) is 19.3 Å². The van der Waals surface area contributed by atoms with Crippen molar-refractivity contribution < 1.29 is 33.4 Å². The zero-order chi connectivity index (χ0) is 14.2. The molecule has 7 nitrogen and oxygen atoms in total. The maximum absolute atomic E-state index is 12.0. The number of aliphatic carboxylic acids is 2. The molecule has 0 bridgehead atoms. The molecule has 0 aliphatic heterocycles. The van der Waals surface area contributed by atoms with Crippen LogP contribution in [-0.2, 0) is 18.7 Å². The molecule has 0 saturated heterocycles. The summed E-state index contributed by atoms with van der Waals surface area (Å²) in [6.45, 7) is -1.64. The van der Waals surface area contributed by atoms with E-state index in [-0.39, 0.29) is 24.2 Å². The van der Waals surface area contributed by atoms with Gasteiger partial charge in [0.25, 0.3) is 6.57 Å². The molecule has 0 aromatic heterocycles. The Kier molecular flexibility index (Phi) is 8.26. The molecule has 0 aromatic rings. The van der Waals surface area contributed by atoms with Crippen LogP contribution in [0.4, 0.5) is 0 Å². The van der Waals surface area contributed by atoms with Gasteiger partial charge in [-0.15, -0.1) is 0 Å². The first kappa shape index (κ1) is 17.4. The summed E-state index contributed by atoms with van der Waals surface area (Å²) in [4.78, 5) is 21.2. The van der Waals surface area contributed by atoms with E-state index >= 15 is 0 Å². The van der Waals surface area contributed by atoms with Crippen LogP contribution in [0.25, 0.3) is 0 Å². The van der Waals surface area contributed by atoms with Crippen molar-refractivity contribution >= 4 is 30.2 Å². The van der Waals surface area contributed by atoms with Crippen molar-refractivity contribution in [2.24, 2.45) is 0 Å². The molecule has 0 spiro atoms. The fourth-order valence-electron chi connectivity index (χ4n) is 1.13. The highest BCUT2D eigenvalue weighted by molar-refractivity contribution is 8.53. The van der Waals surface area contributed by atoms with Crippen LogP contribution in [0.1, 0.15) is 32.6 Å². The highest BCUT2D eigenvalue weighted by Crippen LogP contribution is 2.59. The van der Waals surface area contributed by atoms with Gasteiger partial charge in [0, 0.05) is 12.6 Å². The van der Waals surface area contributed by atoms with E-state index in [1.807, 2.05) is 6.92 Å². The van der Waals surface area contributed by atoms with E-state index in [2.05, 4.69) is 0 Å². The molecular weight excluding hydrogens is 283 g/mol. The van der Waals surface area contributed by atoms with E-state index < -0.39 is 31.0 Å². The largest absolute Gasteiger partial charge is 0.481 e. The number of carbonyl (C=O) groups is 2. The predicted molar refractivity (Wildman–Crippen MR) is 67.0 cm³/mol. The summed E-state index contributed by atoms with van der Waals surface area (Å²) < 4.78 is 25.8. The van der Waals surface area contributed by atoms with Gasteiger partial charge in [-0.1, -0.05) is 13.3 Å². The number of rotatable bonds is 10. The van der Waals surface area contributed by atoms with Crippen LogP contribution in [0.5, 0.6) is 0 Å². The van der Waals surface area contributed by atoms with Gasteiger partial charge in [-0.25, -0.2) is 4.79 Å². The molecule has 9 heteroatoms. The van der Waals surface area contributed by atoms with Crippen LogP contribution in [0.3, 0.4) is 0 Å². The van der Waals surface area contributed by atoms with Crippen molar-refractivity contribution in [3.63, 3.8) is 0 Å². The van der Waals surface area contributed by atoms with Crippen molar-refractivity contribution in [1.29, 1.82) is 0 Å². The molecule has 0 radical (unpaired) electrons. The fraction of sp³-hybridized carbons (Fsp3) is 0.778. The topological polar surface area (TPSA) is 121 Å². The summed E-state index contributed by atoms with van der Waals surface area (Å²) >= 11 is 0.0147. The van der Waals surface area contributed by atoms with E-state index in [0.717, 1.165) is 6.42 Å². The summed E-state index contributed by atoms with van der Waals surface area (Å²) in [5.74, 6) is -2.55. The molecule has 0 saturated carbocycles. The Morgan fingerprint density at radius 1 is 1.39 bits per heavy atom. The molecule has 18 heavy (non-hydrogen) atoms. The highest BCUT2D eigenvalue weighted by atomic mass is 32.7. The molecule has 0 heterocycles. The third-order valence-electron chi connectivity index (χ3n) is 2.09. The molecule has 2 atom stereocenters. The molecule has 0 aliphatic carbocycles. The number of unbranched alkanes of at least 4 members (excludes halogenated alkanes) is 1. The van der Waals surface area contributed by atoms with E-state index in [9.17, 15) is 14.2 Å². The Balaban J connectivity index is 4.57. The van der Waals surface area contributed by atoms with Gasteiger partial charge in [-0.05, 0) is 12.8 Å². The normalized spacial score (nSPS) is 15.9. The maximum atomic E-state index is 12.0. The van der Waals surface area contributed by atoms with Gasteiger partial charge in [0.05, 0.1) is 11.7 Å². The second-order valence-electron chi connectivity index (χ2n) is 3.63. The minimum atomic E-state index is -3.49. The molecule has 0 aliphatic rings. The van der Waals surface area contributed by atoms with Crippen LogP contribution < -0.4 is 0 Å². The standard InChI is InChI=1S/C9H17O7PS/c1-2-3-6-17(14,18-15)16-7(9(12)13)4-5-8(10)11/h7,15H,2-6H2,1H3,(H,10,11)(H,12,13). The number of carboxylic acid groups (broad SMARTS) is 2. The molecule has 3 N–H and O–H groups in total. The predicted octanol–water partition coefficient (Wildman–Crippen LogP) is 2.52. The molecule has 0 fully saturated rings. The van der Waals surface area contributed by atoms with E-state index in [1.54, 1.807) is 0 Å². The smallest absolute Gasteiger partial charge is 0.333 e. The van der Waals surface area contributed by atoms with E-state index in [1.165, 1.54) is 0 Å². The average Bonchev–Trinajstić information content (AvgIpc) is 2.31. The first-order valence-electron chi connectivity index (χ1n) is 5.40. The van der Waals surface area contributed by atoms with Crippen molar-refractivity contribution in [2.75, 3.05) is 6.16 Å². The van der Waals surface area contributed by atoms with Gasteiger partial charge in [0.15, 0.2) is 6.10 Å². The third-order valence-corrected chi connectivity index (χ3v) is 5.33. The minimum Gasteiger partial charge on any atom is -0.481 e. The SMILES string of the molecule is CCCCP(=O)(OC(CCC(=O)O)C(=O)O)SO. The maximum Gasteiger partial charge on any atom is 0.333 e. The van der Waals surface area contributed by atoms with Crippen LogP contribution in [0.15, 0.2) is 0 Å². The average molecular weight is 300 g/mol. The zero-order valence-electron chi connectivity index (χ0n) is 9.94. The first-order chi connectivity index (χ1) is 8.34. The lowest BCUT2D eigenvalue weighted by Crippen LogP contribution is -2.23. The first-order valence-corrected chi connectivity index (χ1v) is 8.58. The Bertz CT molecular complexity index is 333. The van der Waals surface area contributed by atoms with Gasteiger partial charge in [-0.3, -0.25) is 9.36 Å². The van der Waals surface area contributed by atoms with Gasteiger partial charge < -0.3 is 19.3 Å². The summed E-state index contributed by atoms with van der Waals surface area (Å²) in [6, 6.07) is 0. The molecule has 0 rings (SSSR count). The minimum absolute atomic E-state index is 0.0147. The third kappa shape index (κ3) is 7.00. The van der Waals surface area contributed by atoms with Crippen LogP contribution >= 0.6 is 18.2 Å². The summed E-state index contributed by atoms with van der Waals surface area (Å²) in [6.07, 6.45) is -0.871. The van der Waals surface area contributed by atoms with Crippen molar-refractivity contribution in [2.45, 2.75) is 38.7 Å². The monoisotopic (exact) mass is 300 g/mol. The van der Waals surface area contributed by atoms with Crippen LogP contribution in [0, 0.1) is 0 Å². The molecule has 0 amide bonds. The van der Waals surface area contributed by atoms with Gasteiger partial charge in [0.1, 0.15) is 0 Å². The molecule has 106 valence electrons. The van der Waals surface area contributed by atoms with Gasteiger partial charge >= 0.3 is 11.9 Å². The van der Waals surface area contributed by atoms with Crippen molar-refractivity contribution in [1.82, 2.24) is 0 Å². The summed E-state index contributed by atoms with van der Waals surface area (Å²) in [5, 5.41) is 17.3. The quantitative estimate of drug-likeness (QED) is 0.415. The number of carboxylic acids is 2. The number of hydrogen-bond donors (Lipinski definition) is 3. The zero-order valence-corrected chi connectivity index (χ0v) is 11.7. The number of hydrogen-bond acceptors (Lipinski definition) is 6. The molecule has 2 unspecified atom stereocenters. The lowest BCUT2D eigenvalue weighted by molar-refractivity contribution is -0.146. The van der Waals surface area contributed by atoms with Gasteiger partial charge in [-0.2, -0.15) is 0 Å². The Hall–Kier alpha value is -0.560. The van der Waals surface area contributed by atoms with Crippen molar-refractivity contribution in [3.8, 4) is 0 Å². The Morgan fingerprint density at radius 3 is 2.39 bits per heavy atom. The second kappa shape index (κ2) is 8.53. The van der Waals surface area contributed by atoms with Gasteiger partial charge in [0.2, 0.25) is 0 Å². The summed E-state index contributed by atoms with van der Waals surface area (Å²) in [5.41, 5.74) is 0. The lowest BCUT2D eigenvalue weighted by Gasteiger charge is -2.19. The Morgan fingerprint density at radius 2 is 2.00 bits per heavy atom. The van der Waals surface area contributed by atoms with E-state index in [0.29, 0.717) is 6.42 Å². The van der Waals surface area contributed by atoms with Crippen molar-refractivity contribution in [3.05, 3.63) is 0 Å². The van der Waals surface area contributed by atoms with Crippen LogP contribution in [-0.4, -0.2) is 39.0 Å². The molecule has 0 aromatic carbocycles. The summed E-state index contributed by atoms with van der Waals surface area (Å²) in [7, 11) is 0. The lowest BCUT2D eigenvalue weighted by atomic mass is 10.2. The molecular formula is C9H17O7PS. The fourth-order valence-corrected chi connectivity index (χ4v) is 3.71. The Labute approximate surface area is 109 Å². The second-order valence-corrected chi connectivity index (χ2v) is 7.84.